The van der Waals surface area contributed by atoms with E-state index in [9.17, 15) is 0 Å². The SMILES string of the molecule is CNCc1nnc(N2CCC(C)(C)C2)o1. The average Bonchev–Trinajstić information content (AvgIpc) is 2.73. The van der Waals surface area contributed by atoms with Gasteiger partial charge in [-0.15, -0.1) is 5.10 Å². The summed E-state index contributed by atoms with van der Waals surface area (Å²) in [5.41, 5.74) is 0.359. The molecule has 0 amide bonds. The zero-order valence-corrected chi connectivity index (χ0v) is 9.58. The molecule has 0 unspecified atom stereocenters. The van der Waals surface area contributed by atoms with Gasteiger partial charge in [0.05, 0.1) is 6.54 Å². The molecule has 0 bridgehead atoms. The molecule has 5 nitrogen and oxygen atoms in total. The van der Waals surface area contributed by atoms with Crippen molar-refractivity contribution in [2.75, 3.05) is 25.0 Å². The molecule has 0 aromatic carbocycles. The van der Waals surface area contributed by atoms with Crippen LogP contribution in [0.4, 0.5) is 6.01 Å². The van der Waals surface area contributed by atoms with Crippen LogP contribution >= 0.6 is 0 Å². The second-order valence-electron chi connectivity index (χ2n) is 4.84. The lowest BCUT2D eigenvalue weighted by Crippen LogP contribution is -2.22. The van der Waals surface area contributed by atoms with E-state index in [2.05, 4.69) is 34.3 Å². The van der Waals surface area contributed by atoms with Gasteiger partial charge < -0.3 is 14.6 Å². The summed E-state index contributed by atoms with van der Waals surface area (Å²) in [6.45, 7) is 7.16. The van der Waals surface area contributed by atoms with E-state index in [4.69, 9.17) is 4.42 Å². The standard InChI is InChI=1S/C10H18N4O/c1-10(2)4-5-14(7-10)9-13-12-8(15-9)6-11-3/h11H,4-7H2,1-3H3. The lowest BCUT2D eigenvalue weighted by molar-refractivity contribution is 0.413. The van der Waals surface area contributed by atoms with Crippen LogP contribution in [0.1, 0.15) is 26.2 Å². The summed E-state index contributed by atoms with van der Waals surface area (Å²) in [6, 6.07) is 0.658. The van der Waals surface area contributed by atoms with Gasteiger partial charge in [0.25, 0.3) is 0 Å². The Bertz CT molecular complexity index is 334. The van der Waals surface area contributed by atoms with Gasteiger partial charge in [0.2, 0.25) is 5.89 Å². The Morgan fingerprint density at radius 2 is 2.27 bits per heavy atom. The third-order valence-corrected chi connectivity index (χ3v) is 2.73. The molecule has 1 fully saturated rings. The molecule has 2 heterocycles. The molecule has 15 heavy (non-hydrogen) atoms. The molecule has 1 aliphatic rings. The Labute approximate surface area is 89.9 Å². The first-order chi connectivity index (χ1) is 7.11. The van der Waals surface area contributed by atoms with Gasteiger partial charge in [-0.05, 0) is 18.9 Å². The number of aromatic nitrogens is 2. The van der Waals surface area contributed by atoms with Crippen molar-refractivity contribution in [2.45, 2.75) is 26.8 Å². The van der Waals surface area contributed by atoms with Gasteiger partial charge in [-0.25, -0.2) is 0 Å². The molecule has 1 aliphatic heterocycles. The fourth-order valence-corrected chi connectivity index (χ4v) is 1.87. The lowest BCUT2D eigenvalue weighted by Gasteiger charge is -2.17. The minimum Gasteiger partial charge on any atom is -0.407 e. The van der Waals surface area contributed by atoms with Crippen molar-refractivity contribution in [3.63, 3.8) is 0 Å². The highest BCUT2D eigenvalue weighted by molar-refractivity contribution is 5.27. The summed E-state index contributed by atoms with van der Waals surface area (Å²) < 4.78 is 5.54. The van der Waals surface area contributed by atoms with E-state index in [1.54, 1.807) is 0 Å². The van der Waals surface area contributed by atoms with Crippen molar-refractivity contribution in [3.8, 4) is 0 Å². The van der Waals surface area contributed by atoms with Gasteiger partial charge in [0.15, 0.2) is 0 Å². The summed E-state index contributed by atoms with van der Waals surface area (Å²) in [7, 11) is 1.86. The van der Waals surface area contributed by atoms with Gasteiger partial charge in [-0.1, -0.05) is 18.9 Å². The molecule has 0 spiro atoms. The van der Waals surface area contributed by atoms with Crippen LogP contribution in [0, 0.1) is 5.41 Å². The molecule has 1 aromatic heterocycles. The van der Waals surface area contributed by atoms with Crippen LogP contribution in [0.2, 0.25) is 0 Å². The van der Waals surface area contributed by atoms with Crippen LogP contribution in [-0.2, 0) is 6.54 Å². The van der Waals surface area contributed by atoms with Crippen LogP contribution in [0.3, 0.4) is 0 Å². The van der Waals surface area contributed by atoms with E-state index in [0.29, 0.717) is 23.9 Å². The Morgan fingerprint density at radius 3 is 2.87 bits per heavy atom. The van der Waals surface area contributed by atoms with Gasteiger partial charge >= 0.3 is 6.01 Å². The average molecular weight is 210 g/mol. The number of rotatable bonds is 3. The van der Waals surface area contributed by atoms with E-state index in [1.165, 1.54) is 6.42 Å². The van der Waals surface area contributed by atoms with Crippen molar-refractivity contribution < 1.29 is 4.42 Å². The minimum absolute atomic E-state index is 0.359. The van der Waals surface area contributed by atoms with E-state index < -0.39 is 0 Å². The van der Waals surface area contributed by atoms with Crippen molar-refractivity contribution in [2.24, 2.45) is 5.41 Å². The van der Waals surface area contributed by atoms with E-state index >= 15 is 0 Å². The van der Waals surface area contributed by atoms with E-state index in [0.717, 1.165) is 13.1 Å². The number of nitrogens with one attached hydrogen (secondary N) is 1. The maximum absolute atomic E-state index is 5.54. The zero-order chi connectivity index (χ0) is 10.9. The number of anilines is 1. The number of hydrogen-bond acceptors (Lipinski definition) is 5. The molecular formula is C10H18N4O. The molecule has 2 rings (SSSR count). The summed E-state index contributed by atoms with van der Waals surface area (Å²) in [5, 5.41) is 11.0. The monoisotopic (exact) mass is 210 g/mol. The Kier molecular flexibility index (Phi) is 2.65. The van der Waals surface area contributed by atoms with Gasteiger partial charge in [-0.2, -0.15) is 0 Å². The third-order valence-electron chi connectivity index (χ3n) is 2.73. The Morgan fingerprint density at radius 1 is 1.47 bits per heavy atom. The van der Waals surface area contributed by atoms with Gasteiger partial charge in [0, 0.05) is 13.1 Å². The maximum atomic E-state index is 5.54. The number of hydrogen-bond donors (Lipinski definition) is 1. The van der Waals surface area contributed by atoms with Crippen LogP contribution in [-0.4, -0.2) is 30.3 Å². The molecule has 84 valence electrons. The van der Waals surface area contributed by atoms with E-state index in [-0.39, 0.29) is 0 Å². The summed E-state index contributed by atoms with van der Waals surface area (Å²) in [4.78, 5) is 2.16. The predicted molar refractivity (Wildman–Crippen MR) is 57.7 cm³/mol. The smallest absolute Gasteiger partial charge is 0.318 e. The fraction of sp³-hybridized carbons (Fsp3) is 0.800. The summed E-state index contributed by atoms with van der Waals surface area (Å²) in [5.74, 6) is 0.650. The normalized spacial score (nSPS) is 19.8. The van der Waals surface area contributed by atoms with Crippen molar-refractivity contribution in [1.82, 2.24) is 15.5 Å². The highest BCUT2D eigenvalue weighted by atomic mass is 16.4. The van der Waals surface area contributed by atoms with Gasteiger partial charge in [-0.3, -0.25) is 0 Å². The Balaban J connectivity index is 2.04. The number of nitrogens with zero attached hydrogens (tertiary/aromatic N) is 3. The maximum Gasteiger partial charge on any atom is 0.318 e. The quantitative estimate of drug-likeness (QED) is 0.807. The zero-order valence-electron chi connectivity index (χ0n) is 9.58. The highest BCUT2D eigenvalue weighted by Gasteiger charge is 2.31. The molecule has 0 aliphatic carbocycles. The predicted octanol–water partition coefficient (Wildman–Crippen LogP) is 1.03. The third kappa shape index (κ3) is 2.28. The minimum atomic E-state index is 0.359. The van der Waals surface area contributed by atoms with Crippen molar-refractivity contribution in [1.29, 1.82) is 0 Å². The molecule has 0 atom stereocenters. The van der Waals surface area contributed by atoms with Crippen molar-refractivity contribution >= 4 is 6.01 Å². The summed E-state index contributed by atoms with van der Waals surface area (Å²) in [6.07, 6.45) is 1.18. The lowest BCUT2D eigenvalue weighted by atomic mass is 9.93. The summed E-state index contributed by atoms with van der Waals surface area (Å²) >= 11 is 0. The van der Waals surface area contributed by atoms with Crippen LogP contribution < -0.4 is 10.2 Å². The second kappa shape index (κ2) is 3.81. The van der Waals surface area contributed by atoms with Crippen molar-refractivity contribution in [3.05, 3.63) is 5.89 Å². The van der Waals surface area contributed by atoms with Crippen LogP contribution in [0.15, 0.2) is 4.42 Å². The topological polar surface area (TPSA) is 54.2 Å². The molecule has 1 aromatic rings. The second-order valence-corrected chi connectivity index (χ2v) is 4.84. The molecule has 0 radical (unpaired) electrons. The molecule has 1 saturated heterocycles. The fourth-order valence-electron chi connectivity index (χ4n) is 1.87. The first-order valence-corrected chi connectivity index (χ1v) is 5.33. The molecular weight excluding hydrogens is 192 g/mol. The molecule has 5 heteroatoms. The van der Waals surface area contributed by atoms with Crippen LogP contribution in [0.25, 0.3) is 0 Å². The molecule has 0 saturated carbocycles. The highest BCUT2D eigenvalue weighted by Crippen LogP contribution is 2.31. The first-order valence-electron chi connectivity index (χ1n) is 5.33. The molecule has 1 N–H and O–H groups in total. The largest absolute Gasteiger partial charge is 0.407 e. The first kappa shape index (κ1) is 10.4. The van der Waals surface area contributed by atoms with Gasteiger partial charge in [0.1, 0.15) is 0 Å². The van der Waals surface area contributed by atoms with E-state index in [1.807, 2.05) is 7.05 Å². The van der Waals surface area contributed by atoms with Crippen LogP contribution in [0.5, 0.6) is 0 Å². The Hall–Kier alpha value is -1.10.